The van der Waals surface area contributed by atoms with Gasteiger partial charge in [-0.15, -0.1) is 5.06 Å². The summed E-state index contributed by atoms with van der Waals surface area (Å²) >= 11 is 0. The number of halogens is 8. The van der Waals surface area contributed by atoms with Gasteiger partial charge in [-0.2, -0.15) is 26.3 Å². The van der Waals surface area contributed by atoms with Crippen LogP contribution in [-0.2, 0) is 19.2 Å². The number of anilines is 1. The van der Waals surface area contributed by atoms with E-state index in [1.54, 1.807) is 6.92 Å². The summed E-state index contributed by atoms with van der Waals surface area (Å²) in [5.41, 5.74) is 4.57. The molecule has 1 saturated heterocycles. The number of nitro groups is 1. The molecule has 1 aliphatic rings. The third kappa shape index (κ3) is 14.5. The molecule has 3 amide bonds. The second-order valence-electron chi connectivity index (χ2n) is 14.2. The van der Waals surface area contributed by atoms with Crippen LogP contribution in [0.25, 0.3) is 16.6 Å². The standard InChI is InChI=1S/C19H17F4N3O2.C15H10F4N2O4.C9H13NO4/c1-2-14(24)17-25-15-5-3-4-13(20)16(15)18(27)26(17)11-6-8-12(9-7-11)28-10-19(21,22)23;16-11-2-1-3-12(21(23)24)13(11)14(22)20-9-4-6-10(7-5-9)25-8-15(17,18)19;1-3-6(2)9(13)14-10-7(11)4-5-8(10)12/h3-9,14H,2,10,24H2,1H3;1-7H,8H2,(H,20,22);6H,3-5H2,1-2H3/t14-;;6-/m0.0/s1. The van der Waals surface area contributed by atoms with Gasteiger partial charge in [0.1, 0.15) is 34.3 Å². The molecule has 0 saturated carbocycles. The molecule has 1 fully saturated rings. The molecule has 4 aromatic carbocycles. The average Bonchev–Trinajstić information content (AvgIpc) is 3.59. The van der Waals surface area contributed by atoms with Gasteiger partial charge in [-0.1, -0.05) is 32.9 Å². The second kappa shape index (κ2) is 22.6. The van der Waals surface area contributed by atoms with Crippen molar-refractivity contribution in [2.45, 2.75) is 64.8 Å². The Hall–Kier alpha value is -7.50. The van der Waals surface area contributed by atoms with Crippen molar-refractivity contribution in [3.63, 3.8) is 0 Å². The third-order valence-corrected chi connectivity index (χ3v) is 9.27. The lowest BCUT2D eigenvalue weighted by Gasteiger charge is -2.18. The molecule has 3 N–H and O–H groups in total. The van der Waals surface area contributed by atoms with Crippen LogP contribution in [0.3, 0.4) is 0 Å². The van der Waals surface area contributed by atoms with Crippen molar-refractivity contribution in [1.29, 1.82) is 0 Å². The zero-order valence-electron chi connectivity index (χ0n) is 35.5. The number of imide groups is 1. The molecular weight excluding hydrogens is 912 g/mol. The maximum absolute atomic E-state index is 14.2. The Labute approximate surface area is 374 Å². The van der Waals surface area contributed by atoms with Gasteiger partial charge in [0.15, 0.2) is 18.8 Å². The van der Waals surface area contributed by atoms with Gasteiger partial charge in [0.25, 0.3) is 29.0 Å². The normalized spacial score (nSPS) is 13.4. The number of rotatable bonds is 13. The fraction of sp³-hybridized carbons (Fsp3) is 0.302. The summed E-state index contributed by atoms with van der Waals surface area (Å²) in [7, 11) is 0. The zero-order chi connectivity index (χ0) is 49.8. The Morgan fingerprint density at radius 1 is 0.806 bits per heavy atom. The van der Waals surface area contributed by atoms with E-state index in [0.29, 0.717) is 23.6 Å². The minimum absolute atomic E-state index is 0.0182. The number of hydrogen-bond acceptors (Lipinski definition) is 12. The predicted octanol–water partition coefficient (Wildman–Crippen LogP) is 8.44. The predicted molar refractivity (Wildman–Crippen MR) is 222 cm³/mol. The zero-order valence-corrected chi connectivity index (χ0v) is 35.5. The lowest BCUT2D eigenvalue weighted by Crippen LogP contribution is -2.33. The molecule has 0 radical (unpaired) electrons. The van der Waals surface area contributed by atoms with Crippen LogP contribution in [0.4, 0.5) is 46.5 Å². The van der Waals surface area contributed by atoms with Crippen molar-refractivity contribution < 1.29 is 73.5 Å². The van der Waals surface area contributed by atoms with Crippen LogP contribution in [0.5, 0.6) is 11.5 Å². The number of amides is 3. The molecule has 1 aromatic heterocycles. The highest BCUT2D eigenvalue weighted by atomic mass is 19.4. The summed E-state index contributed by atoms with van der Waals surface area (Å²) in [6.45, 7) is 2.43. The number of carbonyl (C=O) groups excluding carboxylic acids is 4. The number of alkyl halides is 6. The summed E-state index contributed by atoms with van der Waals surface area (Å²) in [5.74, 6) is -4.43. The molecule has 2 atom stereocenters. The highest BCUT2D eigenvalue weighted by Crippen LogP contribution is 2.26. The van der Waals surface area contributed by atoms with Gasteiger partial charge in [0, 0.05) is 24.6 Å². The molecule has 0 bridgehead atoms. The third-order valence-electron chi connectivity index (χ3n) is 9.27. The van der Waals surface area contributed by atoms with E-state index in [1.807, 2.05) is 13.8 Å². The van der Waals surface area contributed by atoms with E-state index < -0.39 is 88.7 Å². The van der Waals surface area contributed by atoms with Gasteiger partial charge in [0.2, 0.25) is 0 Å². The van der Waals surface area contributed by atoms with Crippen LogP contribution >= 0.6 is 0 Å². The lowest BCUT2D eigenvalue weighted by molar-refractivity contribution is -0.385. The van der Waals surface area contributed by atoms with E-state index in [2.05, 4.69) is 24.6 Å². The van der Waals surface area contributed by atoms with E-state index >= 15 is 0 Å². The summed E-state index contributed by atoms with van der Waals surface area (Å²) in [6.07, 6.45) is -7.60. The number of nitrogens with two attached hydrogens (primary N) is 1. The van der Waals surface area contributed by atoms with Gasteiger partial charge in [0.05, 0.1) is 28.1 Å². The Morgan fingerprint density at radius 3 is 1.84 bits per heavy atom. The smallest absolute Gasteiger partial charge is 0.422 e. The fourth-order valence-corrected chi connectivity index (χ4v) is 5.63. The Bertz CT molecular complexity index is 2630. The van der Waals surface area contributed by atoms with Crippen LogP contribution in [0.15, 0.2) is 89.7 Å². The topological polar surface area (TPSA) is 215 Å². The molecule has 16 nitrogen and oxygen atoms in total. The SMILES string of the molecule is CC[C@H](C)C(=O)ON1C(=O)CCC1=O.CC[C@H](N)c1nc2cccc(F)c2c(=O)n1-c1ccc(OCC(F)(F)F)cc1.O=C(Nc1ccc(OCC(F)(F)F)cc1)c1c(F)cccc1[N+](=O)[O-]. The monoisotopic (exact) mass is 952 g/mol. The number of ether oxygens (including phenoxy) is 2. The maximum Gasteiger partial charge on any atom is 0.422 e. The first-order chi connectivity index (χ1) is 31.4. The van der Waals surface area contributed by atoms with Gasteiger partial charge in [-0.25, -0.2) is 18.6 Å². The number of nitrogens with one attached hydrogen (secondary N) is 1. The lowest BCUT2D eigenvalue weighted by atomic mass is 10.1. The number of carbonyl (C=O) groups is 4. The second-order valence-corrected chi connectivity index (χ2v) is 14.2. The summed E-state index contributed by atoms with van der Waals surface area (Å²) in [5, 5.41) is 13.5. The highest BCUT2D eigenvalue weighted by molar-refractivity contribution is 6.07. The summed E-state index contributed by atoms with van der Waals surface area (Å²) in [6, 6.07) is 16.6. The molecule has 67 heavy (non-hydrogen) atoms. The number of nitro benzene ring substituents is 1. The van der Waals surface area contributed by atoms with Crippen molar-refractivity contribution in [2.24, 2.45) is 11.7 Å². The van der Waals surface area contributed by atoms with Crippen molar-refractivity contribution in [1.82, 2.24) is 14.6 Å². The minimum atomic E-state index is -4.49. The molecule has 5 aromatic rings. The van der Waals surface area contributed by atoms with E-state index in [-0.39, 0.29) is 52.7 Å². The maximum atomic E-state index is 14.2. The molecule has 0 aliphatic carbocycles. The molecule has 6 rings (SSSR count). The van der Waals surface area contributed by atoms with Gasteiger partial charge < -0.3 is 25.4 Å². The van der Waals surface area contributed by atoms with Crippen molar-refractivity contribution >= 4 is 46.0 Å². The molecule has 2 heterocycles. The number of benzene rings is 4. The van der Waals surface area contributed by atoms with E-state index in [0.717, 1.165) is 36.4 Å². The Morgan fingerprint density at radius 2 is 1.33 bits per heavy atom. The highest BCUT2D eigenvalue weighted by Gasteiger charge is 2.34. The number of aromatic nitrogens is 2. The summed E-state index contributed by atoms with van der Waals surface area (Å²) in [4.78, 5) is 77.4. The molecule has 24 heteroatoms. The van der Waals surface area contributed by atoms with Crippen LogP contribution < -0.4 is 26.1 Å². The first-order valence-electron chi connectivity index (χ1n) is 19.8. The quantitative estimate of drug-likeness (QED) is 0.0492. The Balaban J connectivity index is 0.000000231. The average molecular weight is 953 g/mol. The molecule has 358 valence electrons. The molecular formula is C43H40F8N6O10. The van der Waals surface area contributed by atoms with Gasteiger partial charge >= 0.3 is 18.3 Å². The van der Waals surface area contributed by atoms with E-state index in [9.17, 15) is 69.2 Å². The van der Waals surface area contributed by atoms with Crippen LogP contribution in [0.2, 0.25) is 0 Å². The van der Waals surface area contributed by atoms with Crippen molar-refractivity contribution in [3.8, 4) is 17.2 Å². The fourth-order valence-electron chi connectivity index (χ4n) is 5.63. The largest absolute Gasteiger partial charge is 0.484 e. The number of nitrogens with zero attached hydrogens (tertiary/aromatic N) is 4. The van der Waals surface area contributed by atoms with Gasteiger partial charge in [-0.3, -0.25) is 33.9 Å². The minimum Gasteiger partial charge on any atom is -0.484 e. The van der Waals surface area contributed by atoms with Crippen LogP contribution in [0.1, 0.15) is 68.7 Å². The number of fused-ring (bicyclic) bond motifs is 1. The Kier molecular flexibility index (Phi) is 17.6. The van der Waals surface area contributed by atoms with E-state index in [1.165, 1.54) is 53.1 Å². The van der Waals surface area contributed by atoms with Gasteiger partial charge in [-0.05, 0) is 79.6 Å². The molecule has 1 aliphatic heterocycles. The van der Waals surface area contributed by atoms with Crippen LogP contribution in [-0.4, -0.2) is 68.8 Å². The molecule has 0 unspecified atom stereocenters. The molecule has 0 spiro atoms. The van der Waals surface area contributed by atoms with Crippen molar-refractivity contribution in [3.05, 3.63) is 128 Å². The van der Waals surface area contributed by atoms with E-state index in [4.69, 9.17) is 5.73 Å². The first-order valence-corrected chi connectivity index (χ1v) is 19.8. The number of hydroxylamine groups is 2. The first kappa shape index (κ1) is 52.1. The van der Waals surface area contributed by atoms with Crippen molar-refractivity contribution in [2.75, 3.05) is 18.5 Å². The van der Waals surface area contributed by atoms with Crippen LogP contribution in [0, 0.1) is 27.7 Å². The summed E-state index contributed by atoms with van der Waals surface area (Å²) < 4.78 is 111. The number of hydrogen-bond donors (Lipinski definition) is 2.